The summed E-state index contributed by atoms with van der Waals surface area (Å²) in [6.07, 6.45) is 1.23. The zero-order valence-corrected chi connectivity index (χ0v) is 14.3. The van der Waals surface area contributed by atoms with Crippen LogP contribution >= 0.6 is 0 Å². The van der Waals surface area contributed by atoms with Gasteiger partial charge in [0.15, 0.2) is 0 Å². The molecule has 0 aromatic carbocycles. The lowest BCUT2D eigenvalue weighted by molar-refractivity contribution is 0.254. The minimum Gasteiger partial charge on any atom is -0.329 e. The van der Waals surface area contributed by atoms with Crippen molar-refractivity contribution in [3.8, 4) is 0 Å². The zero-order chi connectivity index (χ0) is 15.2. The molecule has 1 rings (SSSR count). The van der Waals surface area contributed by atoms with Crippen LogP contribution in [0.3, 0.4) is 0 Å². The minimum atomic E-state index is 0.425. The van der Waals surface area contributed by atoms with Gasteiger partial charge in [-0.25, -0.2) is 0 Å². The molecule has 0 aliphatic carbocycles. The van der Waals surface area contributed by atoms with Gasteiger partial charge in [0.05, 0.1) is 0 Å². The molecule has 1 aliphatic rings. The van der Waals surface area contributed by atoms with E-state index in [1.54, 1.807) is 0 Å². The number of rotatable bonds is 10. The lowest BCUT2D eigenvalue weighted by Crippen LogP contribution is -2.39. The van der Waals surface area contributed by atoms with Crippen molar-refractivity contribution in [2.75, 3.05) is 52.4 Å². The summed E-state index contributed by atoms with van der Waals surface area (Å²) >= 11 is 0. The third-order valence-electron chi connectivity index (χ3n) is 4.12. The minimum absolute atomic E-state index is 0.425. The molecule has 0 spiro atoms. The van der Waals surface area contributed by atoms with Crippen molar-refractivity contribution in [2.45, 2.75) is 46.6 Å². The van der Waals surface area contributed by atoms with Crippen molar-refractivity contribution in [3.63, 3.8) is 0 Å². The number of hydrogen-bond acceptors (Lipinski definition) is 4. The van der Waals surface area contributed by atoms with Crippen molar-refractivity contribution >= 4 is 0 Å². The summed E-state index contributed by atoms with van der Waals surface area (Å²) in [5, 5.41) is 3.55. The van der Waals surface area contributed by atoms with Gasteiger partial charge in [0.1, 0.15) is 0 Å². The fraction of sp³-hybridized carbons (Fsp3) is 1.00. The Morgan fingerprint density at radius 3 is 2.30 bits per heavy atom. The Labute approximate surface area is 126 Å². The highest BCUT2D eigenvalue weighted by Crippen LogP contribution is 2.29. The Hall–Kier alpha value is -0.160. The van der Waals surface area contributed by atoms with Crippen LogP contribution in [0.4, 0.5) is 0 Å². The Bertz CT molecular complexity index is 270. The summed E-state index contributed by atoms with van der Waals surface area (Å²) in [6, 6.07) is 0. The maximum absolute atomic E-state index is 5.72. The molecule has 0 saturated carbocycles. The Balaban J connectivity index is 2.09. The van der Waals surface area contributed by atoms with Crippen LogP contribution in [0.2, 0.25) is 0 Å². The summed E-state index contributed by atoms with van der Waals surface area (Å²) in [5.41, 5.74) is 6.59. The molecule has 1 unspecified atom stereocenters. The van der Waals surface area contributed by atoms with Gasteiger partial charge in [-0.05, 0) is 32.2 Å². The monoisotopic (exact) mass is 284 g/mol. The summed E-state index contributed by atoms with van der Waals surface area (Å²) in [4.78, 5) is 5.02. The van der Waals surface area contributed by atoms with E-state index in [9.17, 15) is 0 Å². The fourth-order valence-electron chi connectivity index (χ4n) is 2.42. The van der Waals surface area contributed by atoms with Gasteiger partial charge in [-0.2, -0.15) is 0 Å². The normalized spacial score (nSPS) is 21.4. The van der Waals surface area contributed by atoms with E-state index < -0.39 is 0 Å². The second-order valence-corrected chi connectivity index (χ2v) is 7.92. The predicted molar refractivity (Wildman–Crippen MR) is 88.1 cm³/mol. The molecule has 3 N–H and O–H groups in total. The first-order valence-electron chi connectivity index (χ1n) is 8.13. The van der Waals surface area contributed by atoms with E-state index >= 15 is 0 Å². The lowest BCUT2D eigenvalue weighted by Gasteiger charge is -2.23. The Kier molecular flexibility index (Phi) is 6.92. The molecule has 1 atom stereocenters. The average molecular weight is 284 g/mol. The van der Waals surface area contributed by atoms with Gasteiger partial charge in [0.2, 0.25) is 0 Å². The SMILES string of the molecule is CC(C)(C)CCNCCN(CCN)CCN1CC1(C)C. The van der Waals surface area contributed by atoms with Crippen LogP contribution in [0.15, 0.2) is 0 Å². The Morgan fingerprint density at radius 1 is 1.15 bits per heavy atom. The third-order valence-corrected chi connectivity index (χ3v) is 4.12. The maximum atomic E-state index is 5.72. The molecule has 1 aliphatic heterocycles. The van der Waals surface area contributed by atoms with Crippen molar-refractivity contribution < 1.29 is 0 Å². The molecule has 0 aromatic heterocycles. The molecule has 1 heterocycles. The van der Waals surface area contributed by atoms with Gasteiger partial charge in [0, 0.05) is 51.4 Å². The highest BCUT2D eigenvalue weighted by atomic mass is 15.4. The van der Waals surface area contributed by atoms with E-state index in [0.29, 0.717) is 11.0 Å². The first-order chi connectivity index (χ1) is 9.24. The number of nitrogens with two attached hydrogens (primary N) is 1. The second-order valence-electron chi connectivity index (χ2n) is 7.92. The number of nitrogens with zero attached hydrogens (tertiary/aromatic N) is 2. The van der Waals surface area contributed by atoms with Crippen LogP contribution < -0.4 is 11.1 Å². The molecule has 0 amide bonds. The van der Waals surface area contributed by atoms with Crippen LogP contribution in [0, 0.1) is 5.41 Å². The van der Waals surface area contributed by atoms with Gasteiger partial charge >= 0.3 is 0 Å². The molecule has 0 radical (unpaired) electrons. The topological polar surface area (TPSA) is 44.3 Å². The van der Waals surface area contributed by atoms with Crippen molar-refractivity contribution in [2.24, 2.45) is 11.1 Å². The van der Waals surface area contributed by atoms with Crippen molar-refractivity contribution in [1.82, 2.24) is 15.1 Å². The molecule has 120 valence electrons. The molecule has 20 heavy (non-hydrogen) atoms. The summed E-state index contributed by atoms with van der Waals surface area (Å²) in [5.74, 6) is 0. The molecule has 4 heteroatoms. The first kappa shape index (κ1) is 17.9. The van der Waals surface area contributed by atoms with Crippen molar-refractivity contribution in [1.29, 1.82) is 0 Å². The molecule has 1 saturated heterocycles. The maximum Gasteiger partial charge on any atom is 0.0281 e. The fourth-order valence-corrected chi connectivity index (χ4v) is 2.42. The average Bonchev–Trinajstić information content (AvgIpc) is 2.92. The van der Waals surface area contributed by atoms with Crippen LogP contribution in [0.1, 0.15) is 41.0 Å². The van der Waals surface area contributed by atoms with Crippen LogP contribution in [-0.4, -0.2) is 67.7 Å². The van der Waals surface area contributed by atoms with Gasteiger partial charge in [-0.1, -0.05) is 20.8 Å². The number of hydrogen-bond donors (Lipinski definition) is 2. The molecule has 1 fully saturated rings. The van der Waals surface area contributed by atoms with Crippen LogP contribution in [0.25, 0.3) is 0 Å². The van der Waals surface area contributed by atoms with E-state index in [1.165, 1.54) is 19.5 Å². The summed E-state index contributed by atoms with van der Waals surface area (Å²) in [6.45, 7) is 20.1. The van der Waals surface area contributed by atoms with E-state index in [2.05, 4.69) is 49.7 Å². The van der Waals surface area contributed by atoms with Gasteiger partial charge in [-0.15, -0.1) is 0 Å². The Morgan fingerprint density at radius 2 is 1.80 bits per heavy atom. The van der Waals surface area contributed by atoms with Crippen LogP contribution in [-0.2, 0) is 0 Å². The number of nitrogens with one attached hydrogen (secondary N) is 1. The van der Waals surface area contributed by atoms with E-state index in [-0.39, 0.29) is 0 Å². The largest absolute Gasteiger partial charge is 0.329 e. The smallest absolute Gasteiger partial charge is 0.0281 e. The molecular formula is C16H36N4. The second kappa shape index (κ2) is 7.74. The zero-order valence-electron chi connectivity index (χ0n) is 14.3. The van der Waals surface area contributed by atoms with E-state index in [0.717, 1.165) is 39.3 Å². The molecule has 0 bridgehead atoms. The van der Waals surface area contributed by atoms with E-state index in [1.807, 2.05) is 0 Å². The van der Waals surface area contributed by atoms with Gasteiger partial charge < -0.3 is 11.1 Å². The predicted octanol–water partition coefficient (Wildman–Crippen LogP) is 1.37. The molecule has 0 aromatic rings. The van der Waals surface area contributed by atoms with Crippen molar-refractivity contribution in [3.05, 3.63) is 0 Å². The van der Waals surface area contributed by atoms with Gasteiger partial charge in [0.25, 0.3) is 0 Å². The lowest BCUT2D eigenvalue weighted by atomic mass is 9.92. The quantitative estimate of drug-likeness (QED) is 0.470. The van der Waals surface area contributed by atoms with Gasteiger partial charge in [-0.3, -0.25) is 9.80 Å². The van der Waals surface area contributed by atoms with E-state index in [4.69, 9.17) is 5.73 Å². The molecule has 4 nitrogen and oxygen atoms in total. The highest BCUT2D eigenvalue weighted by Gasteiger charge is 2.42. The first-order valence-corrected chi connectivity index (χ1v) is 8.13. The third kappa shape index (κ3) is 7.58. The molecular weight excluding hydrogens is 248 g/mol. The van der Waals surface area contributed by atoms with Crippen LogP contribution in [0.5, 0.6) is 0 Å². The summed E-state index contributed by atoms with van der Waals surface area (Å²) < 4.78 is 0. The summed E-state index contributed by atoms with van der Waals surface area (Å²) in [7, 11) is 0. The standard InChI is InChI=1S/C16H36N4/c1-15(2,3)6-8-18-9-11-19(10-7-17)12-13-20-14-16(20,4)5/h18H,6-14,17H2,1-5H3. The highest BCUT2D eigenvalue weighted by molar-refractivity contribution is 4.99.